The Morgan fingerprint density at radius 3 is 2.23 bits per heavy atom. The van der Waals surface area contributed by atoms with Gasteiger partial charge in [-0.2, -0.15) is 0 Å². The van der Waals surface area contributed by atoms with Gasteiger partial charge in [0, 0.05) is 88.1 Å². The summed E-state index contributed by atoms with van der Waals surface area (Å²) in [6.07, 6.45) is 9.26. The number of nitrogens with zero attached hydrogens (tertiary/aromatic N) is 3. The number of fused-ring (bicyclic) bond motifs is 3. The number of pyridine rings is 1. The summed E-state index contributed by atoms with van der Waals surface area (Å²) in [4.78, 5) is 101. The number of nitrogens with one attached hydrogen (secondary N) is 8. The van der Waals surface area contributed by atoms with Gasteiger partial charge in [0.25, 0.3) is 0 Å². The zero-order valence-corrected chi connectivity index (χ0v) is 47.1. The summed E-state index contributed by atoms with van der Waals surface area (Å²) in [5.41, 5.74) is 9.90. The number of carbonyl (C=O) groups excluding carboxylic acids is 6. The second-order valence-electron chi connectivity index (χ2n) is 22.7. The van der Waals surface area contributed by atoms with E-state index in [-0.39, 0.29) is 51.7 Å². The minimum absolute atomic E-state index is 0.0950. The van der Waals surface area contributed by atoms with Crippen LogP contribution in [-0.4, -0.2) is 169 Å². The summed E-state index contributed by atoms with van der Waals surface area (Å²) in [6, 6.07) is 22.3. The van der Waals surface area contributed by atoms with Gasteiger partial charge in [0.05, 0.1) is 25.2 Å². The Bertz CT molecular complexity index is 2960. The van der Waals surface area contributed by atoms with E-state index in [1.807, 2.05) is 91.1 Å². The lowest BCUT2D eigenvalue weighted by Gasteiger charge is -2.32. The summed E-state index contributed by atoms with van der Waals surface area (Å²) < 4.78 is 18.6. The molecule has 3 aromatic carbocycles. The molecule has 0 radical (unpaired) electrons. The topological polar surface area (TPSA) is 279 Å². The highest BCUT2D eigenvalue weighted by Gasteiger charge is 2.50. The van der Waals surface area contributed by atoms with Crippen LogP contribution in [0, 0.1) is 5.92 Å². The lowest BCUT2D eigenvalue weighted by Crippen LogP contribution is -2.59. The average Bonchev–Trinajstić information content (AvgIpc) is 4.23. The molecule has 5 aromatic rings. The van der Waals surface area contributed by atoms with E-state index >= 15 is 24.0 Å². The number of piperazine rings is 1. The molecule has 0 bridgehead atoms. The van der Waals surface area contributed by atoms with Gasteiger partial charge >= 0.3 is 6.09 Å². The number of rotatable bonds is 18. The fourth-order valence-electron chi connectivity index (χ4n) is 12.0. The molecule has 1 aliphatic carbocycles. The molecule has 2 aromatic heterocycles. The second-order valence-corrected chi connectivity index (χ2v) is 22.7. The fraction of sp³-hybridized carbons (Fsp3) is 0.500. The maximum absolute atomic E-state index is 15.5. The third-order valence-electron chi connectivity index (χ3n) is 16.7. The van der Waals surface area contributed by atoms with Crippen LogP contribution in [0.1, 0.15) is 73.6 Å². The van der Waals surface area contributed by atoms with Crippen LogP contribution in [0.5, 0.6) is 5.75 Å². The van der Waals surface area contributed by atoms with Crippen molar-refractivity contribution >= 4 is 46.5 Å². The highest BCUT2D eigenvalue weighted by Crippen LogP contribution is 2.29. The van der Waals surface area contributed by atoms with Gasteiger partial charge in [-0.05, 0) is 97.4 Å². The number of para-hydroxylation sites is 1. The smallest absolute Gasteiger partial charge is 0.407 e. The van der Waals surface area contributed by atoms with Gasteiger partial charge in [-0.15, -0.1) is 0 Å². The first-order valence-corrected chi connectivity index (χ1v) is 29.7. The lowest BCUT2D eigenvalue weighted by atomic mass is 9.90. The molecule has 83 heavy (non-hydrogen) atoms. The molecule has 21 heteroatoms. The number of nitrogens with two attached hydrogens (primary N) is 1. The molecule has 4 aliphatic heterocycles. The van der Waals surface area contributed by atoms with Crippen molar-refractivity contribution in [3.63, 3.8) is 0 Å². The Morgan fingerprint density at radius 2 is 1.45 bits per heavy atom. The number of H-pyrrole nitrogens is 1. The van der Waals surface area contributed by atoms with E-state index in [9.17, 15) is 4.79 Å². The first kappa shape index (κ1) is 58.8. The fourth-order valence-corrected chi connectivity index (χ4v) is 12.0. The monoisotopic (exact) mass is 1140 g/mol. The Kier molecular flexibility index (Phi) is 20.3. The van der Waals surface area contributed by atoms with Gasteiger partial charge in [0.15, 0.2) is 0 Å². The number of hydrogen-bond donors (Lipinski definition) is 9. The number of amides is 6. The van der Waals surface area contributed by atoms with Gasteiger partial charge in [-0.3, -0.25) is 39.2 Å². The van der Waals surface area contributed by atoms with Gasteiger partial charge < -0.3 is 61.7 Å². The summed E-state index contributed by atoms with van der Waals surface area (Å²) in [6.45, 7) is 4.12. The molecule has 6 amide bonds. The molecule has 442 valence electrons. The molecule has 4 saturated heterocycles. The van der Waals surface area contributed by atoms with Crippen LogP contribution < -0.4 is 47.7 Å². The largest absolute Gasteiger partial charge is 0.493 e. The molecular formula is C62H80N12O9. The average molecular weight is 1140 g/mol. The zero-order valence-electron chi connectivity index (χ0n) is 47.1. The molecule has 9 atom stereocenters. The normalized spacial score (nSPS) is 26.0. The van der Waals surface area contributed by atoms with Crippen LogP contribution in [0.25, 0.3) is 10.9 Å². The summed E-state index contributed by atoms with van der Waals surface area (Å²) >= 11 is 0. The van der Waals surface area contributed by atoms with Gasteiger partial charge in [-0.1, -0.05) is 86.0 Å². The first-order valence-electron chi connectivity index (χ1n) is 29.7. The van der Waals surface area contributed by atoms with Crippen LogP contribution in [-0.2, 0) is 59.1 Å². The van der Waals surface area contributed by atoms with Crippen molar-refractivity contribution in [1.82, 2.24) is 57.0 Å². The quantitative estimate of drug-likeness (QED) is 0.0571. The van der Waals surface area contributed by atoms with Gasteiger partial charge in [-0.25, -0.2) is 4.79 Å². The van der Waals surface area contributed by atoms with Crippen molar-refractivity contribution < 1.29 is 43.0 Å². The standard InChI is InChI=1S/C62H80N12O9/c63-25-27-66-62(80)82-46-34-54-59(78)68-49(23-19-40-10-3-1-4-11-40)56(75)70-52(33-44-36-67-48-16-8-7-15-47(44)48)58(77)71-53(38-73-30-28-64-29-31-73)55-60(83-55)72-51(32-41-17-21-45(22-18-41)81-39-43-12-5-2-6-13-43)57(76)69-50(61(79)74(54)37-46)24-20-42-14-9-26-65-35-42/h1,3-4,7-11,14-18,21-22,26,35-36,43,46,49-55,60,64,67,72H,2,5-6,12-13,19-20,23-25,27-34,37-39,63H2,(H,66,80)(H,68,78)(H,69,76)(H,70,75)(H,71,77)/t46-,49+,50+,51+,52-,53+,54+,55?,60?/m1/s1. The van der Waals surface area contributed by atoms with E-state index in [0.717, 1.165) is 77.9 Å². The Morgan fingerprint density at radius 1 is 0.735 bits per heavy atom. The number of aromatic nitrogens is 2. The lowest BCUT2D eigenvalue weighted by molar-refractivity contribution is -0.142. The number of hydrogen-bond acceptors (Lipinski definition) is 14. The van der Waals surface area contributed by atoms with Crippen LogP contribution in [0.2, 0.25) is 0 Å². The van der Waals surface area contributed by atoms with Crippen LogP contribution in [0.15, 0.2) is 110 Å². The number of benzene rings is 3. The number of ether oxygens (including phenoxy) is 3. The minimum atomic E-state index is -1.26. The van der Waals surface area contributed by atoms with E-state index in [0.29, 0.717) is 31.9 Å². The predicted molar refractivity (Wildman–Crippen MR) is 312 cm³/mol. The van der Waals surface area contributed by atoms with Crippen molar-refractivity contribution in [3.8, 4) is 5.75 Å². The molecular weight excluding hydrogens is 1060 g/mol. The second kappa shape index (κ2) is 28.7. The SMILES string of the molecule is NCCNC(=O)O[C@@H]1C[C@H]2C(=O)N[C@@H](CCc3ccccc3)C(=O)N[C@H](Cc3c[nH]c4ccccc34)C(=O)N[C@@H](CN3CCNCC3)C3OC3N[C@@H](Cc3ccc(OCC4CCCCC4)cc3)C(=O)N[C@@H](CCc3cccnc3)C(=O)N2C1. The predicted octanol–water partition coefficient (Wildman–Crippen LogP) is 2.77. The molecule has 0 spiro atoms. The van der Waals surface area contributed by atoms with Gasteiger partial charge in [0.1, 0.15) is 48.4 Å². The third-order valence-corrected chi connectivity index (χ3v) is 16.7. The maximum Gasteiger partial charge on any atom is 0.407 e. The Labute approximate surface area is 484 Å². The first-order chi connectivity index (χ1) is 40.5. The van der Waals surface area contributed by atoms with E-state index < -0.39 is 90.3 Å². The number of carbonyl (C=O) groups is 6. The summed E-state index contributed by atoms with van der Waals surface area (Å²) in [5.74, 6) is -1.56. The summed E-state index contributed by atoms with van der Waals surface area (Å²) in [7, 11) is 0. The van der Waals surface area contributed by atoms with Crippen molar-refractivity contribution in [2.75, 3.05) is 59.0 Å². The Hall–Kier alpha value is -7.43. The number of aryl methyl sites for hydroxylation is 2. The van der Waals surface area contributed by atoms with E-state index in [1.54, 1.807) is 18.5 Å². The van der Waals surface area contributed by atoms with Crippen molar-refractivity contribution in [2.24, 2.45) is 11.7 Å². The molecule has 5 aliphatic rings. The van der Waals surface area contributed by atoms with E-state index in [2.05, 4.69) is 52.1 Å². The van der Waals surface area contributed by atoms with Crippen molar-refractivity contribution in [3.05, 3.63) is 132 Å². The highest BCUT2D eigenvalue weighted by atomic mass is 16.6. The molecule has 2 unspecified atom stereocenters. The molecule has 1 saturated carbocycles. The molecule has 10 rings (SSSR count). The number of epoxide rings is 1. The van der Waals surface area contributed by atoms with Crippen LogP contribution in [0.3, 0.4) is 0 Å². The maximum atomic E-state index is 15.5. The zero-order chi connectivity index (χ0) is 57.5. The Balaban J connectivity index is 1.01. The van der Waals surface area contributed by atoms with E-state index in [1.165, 1.54) is 24.2 Å². The number of alkyl carbamates (subject to hydrolysis) is 1. The van der Waals surface area contributed by atoms with Crippen LogP contribution >= 0.6 is 0 Å². The molecule has 10 N–H and O–H groups in total. The summed E-state index contributed by atoms with van der Waals surface area (Å²) in [5, 5.41) is 22.9. The van der Waals surface area contributed by atoms with Crippen LogP contribution in [0.4, 0.5) is 4.79 Å². The highest BCUT2D eigenvalue weighted by molar-refractivity contribution is 5.97. The molecule has 6 heterocycles. The number of aromatic amines is 1. The third kappa shape index (κ3) is 16.2. The minimum Gasteiger partial charge on any atom is -0.493 e. The van der Waals surface area contributed by atoms with E-state index in [4.69, 9.17) is 19.9 Å². The molecule has 21 nitrogen and oxygen atoms in total. The molecule has 5 fully saturated rings. The van der Waals surface area contributed by atoms with Gasteiger partial charge in [0.2, 0.25) is 29.5 Å². The van der Waals surface area contributed by atoms with Crippen molar-refractivity contribution in [1.29, 1.82) is 0 Å². The van der Waals surface area contributed by atoms with Crippen molar-refractivity contribution in [2.45, 2.75) is 132 Å².